The van der Waals surface area contributed by atoms with E-state index in [1.165, 1.54) is 43.4 Å². The van der Waals surface area contributed by atoms with Crippen LogP contribution < -0.4 is 15.2 Å². The van der Waals surface area contributed by atoms with Crippen molar-refractivity contribution in [2.24, 2.45) is 0 Å². The smallest absolute Gasteiger partial charge is 0.258 e. The minimum Gasteiger partial charge on any atom is -0.497 e. The number of hydrogen-bond donors (Lipinski definition) is 2. The van der Waals surface area contributed by atoms with Crippen LogP contribution in [0.3, 0.4) is 0 Å². The van der Waals surface area contributed by atoms with Gasteiger partial charge in [0.25, 0.3) is 5.56 Å². The van der Waals surface area contributed by atoms with Crippen LogP contribution in [0.15, 0.2) is 29.1 Å². The summed E-state index contributed by atoms with van der Waals surface area (Å²) in [7, 11) is 1.63. The van der Waals surface area contributed by atoms with Gasteiger partial charge in [-0.2, -0.15) is 0 Å². The highest BCUT2D eigenvalue weighted by atomic mass is 16.5. The summed E-state index contributed by atoms with van der Waals surface area (Å²) < 4.78 is 7.35. The fourth-order valence-electron chi connectivity index (χ4n) is 5.35. The molecule has 5 rings (SSSR count). The molecule has 0 amide bonds. The van der Waals surface area contributed by atoms with Gasteiger partial charge >= 0.3 is 0 Å². The zero-order valence-electron chi connectivity index (χ0n) is 18.1. The predicted molar refractivity (Wildman–Crippen MR) is 117 cm³/mol. The maximum atomic E-state index is 13.3. The molecule has 1 atom stereocenters. The summed E-state index contributed by atoms with van der Waals surface area (Å²) in [5, 5.41) is 14.0. The van der Waals surface area contributed by atoms with Crippen molar-refractivity contribution in [2.75, 3.05) is 20.2 Å². The Balaban J connectivity index is 1.62. The van der Waals surface area contributed by atoms with Crippen LogP contribution in [0.25, 0.3) is 10.9 Å². The number of nitrogens with zero attached hydrogens (tertiary/aromatic N) is 4. The Hall–Kier alpha value is -2.74. The molecular formula is C23H31N6O2+. The second-order valence-corrected chi connectivity index (χ2v) is 8.93. The van der Waals surface area contributed by atoms with Gasteiger partial charge in [0.1, 0.15) is 5.75 Å². The fourth-order valence-corrected chi connectivity index (χ4v) is 5.35. The molecule has 0 radical (unpaired) electrons. The van der Waals surface area contributed by atoms with Crippen molar-refractivity contribution in [3.8, 4) is 5.75 Å². The highest BCUT2D eigenvalue weighted by Gasteiger charge is 2.36. The second-order valence-electron chi connectivity index (χ2n) is 8.93. The first kappa shape index (κ1) is 20.2. The lowest BCUT2D eigenvalue weighted by Gasteiger charge is -2.32. The van der Waals surface area contributed by atoms with E-state index in [0.29, 0.717) is 6.04 Å². The maximum Gasteiger partial charge on any atom is 0.258 e. The largest absolute Gasteiger partial charge is 0.497 e. The van der Waals surface area contributed by atoms with Crippen molar-refractivity contribution < 1.29 is 9.64 Å². The van der Waals surface area contributed by atoms with Gasteiger partial charge < -0.3 is 14.6 Å². The topological polar surface area (TPSA) is 90.1 Å². The number of H-pyrrole nitrogens is 1. The van der Waals surface area contributed by atoms with E-state index in [2.05, 4.69) is 20.5 Å². The lowest BCUT2D eigenvalue weighted by Crippen LogP contribution is -3.13. The Labute approximate surface area is 181 Å². The number of piperidine rings is 1. The third-order valence-corrected chi connectivity index (χ3v) is 6.99. The number of pyridine rings is 1. The number of ether oxygens (including phenoxy) is 1. The lowest BCUT2D eigenvalue weighted by atomic mass is 9.94. The van der Waals surface area contributed by atoms with E-state index >= 15 is 0 Å². The number of quaternary nitrogens is 1. The Morgan fingerprint density at radius 3 is 2.65 bits per heavy atom. The average Bonchev–Trinajstić information content (AvgIpc) is 3.30. The quantitative estimate of drug-likeness (QED) is 0.657. The van der Waals surface area contributed by atoms with Gasteiger partial charge in [-0.05, 0) is 66.1 Å². The SMILES string of the molecule is COc1ccc2cc([C@@H](c3nnnn3C3CCCCC3)[NH+]3CCCCC3)c(=O)[nH]c2c1. The Morgan fingerprint density at radius 2 is 1.87 bits per heavy atom. The minimum absolute atomic E-state index is 0.0676. The van der Waals surface area contributed by atoms with Crippen LogP contribution in [0.4, 0.5) is 0 Å². The van der Waals surface area contributed by atoms with E-state index in [-0.39, 0.29) is 11.6 Å². The fraction of sp³-hybridized carbons (Fsp3) is 0.565. The molecule has 1 saturated carbocycles. The molecule has 1 aliphatic heterocycles. The number of aromatic nitrogens is 5. The van der Waals surface area contributed by atoms with Gasteiger partial charge in [0, 0.05) is 6.07 Å². The highest BCUT2D eigenvalue weighted by Crippen LogP contribution is 2.30. The molecule has 1 aromatic carbocycles. The first-order valence-corrected chi connectivity index (χ1v) is 11.6. The van der Waals surface area contributed by atoms with Crippen LogP contribution >= 0.6 is 0 Å². The van der Waals surface area contributed by atoms with Gasteiger partial charge in [-0.15, -0.1) is 5.10 Å². The van der Waals surface area contributed by atoms with Gasteiger partial charge in [0.05, 0.1) is 37.3 Å². The molecule has 8 heteroatoms. The third-order valence-electron chi connectivity index (χ3n) is 6.99. The van der Waals surface area contributed by atoms with Crippen molar-refractivity contribution in [3.63, 3.8) is 0 Å². The van der Waals surface area contributed by atoms with Crippen LogP contribution in [-0.4, -0.2) is 45.4 Å². The number of fused-ring (bicyclic) bond motifs is 1. The number of nitrogens with one attached hydrogen (secondary N) is 2. The Kier molecular flexibility index (Phi) is 5.72. The summed E-state index contributed by atoms with van der Waals surface area (Å²) in [6.45, 7) is 2.06. The molecule has 0 bridgehead atoms. The summed E-state index contributed by atoms with van der Waals surface area (Å²) in [6, 6.07) is 8.00. The molecule has 8 nitrogen and oxygen atoms in total. The molecule has 2 aromatic heterocycles. The van der Waals surface area contributed by atoms with E-state index in [4.69, 9.17) is 4.74 Å². The van der Waals surface area contributed by atoms with E-state index in [1.54, 1.807) is 7.11 Å². The molecular weight excluding hydrogens is 392 g/mol. The average molecular weight is 424 g/mol. The van der Waals surface area contributed by atoms with Crippen molar-refractivity contribution in [1.82, 2.24) is 25.2 Å². The van der Waals surface area contributed by atoms with Gasteiger partial charge in [-0.1, -0.05) is 19.3 Å². The first-order chi connectivity index (χ1) is 15.2. The molecule has 3 heterocycles. The summed E-state index contributed by atoms with van der Waals surface area (Å²) in [5.41, 5.74) is 1.47. The van der Waals surface area contributed by atoms with E-state index in [9.17, 15) is 4.79 Å². The molecule has 2 N–H and O–H groups in total. The van der Waals surface area contributed by atoms with Crippen LogP contribution in [0.5, 0.6) is 5.75 Å². The van der Waals surface area contributed by atoms with Crippen LogP contribution in [0.2, 0.25) is 0 Å². The number of benzene rings is 1. The van der Waals surface area contributed by atoms with Crippen molar-refractivity contribution in [2.45, 2.75) is 63.5 Å². The number of tetrazole rings is 1. The van der Waals surface area contributed by atoms with Crippen LogP contribution in [0.1, 0.15) is 74.8 Å². The monoisotopic (exact) mass is 423 g/mol. The lowest BCUT2D eigenvalue weighted by molar-refractivity contribution is -0.931. The molecule has 0 spiro atoms. The molecule has 0 unspecified atom stereocenters. The van der Waals surface area contributed by atoms with Gasteiger partial charge in [0.2, 0.25) is 5.82 Å². The minimum atomic E-state index is -0.160. The first-order valence-electron chi connectivity index (χ1n) is 11.6. The van der Waals surface area contributed by atoms with E-state index < -0.39 is 0 Å². The van der Waals surface area contributed by atoms with E-state index in [1.807, 2.05) is 28.9 Å². The predicted octanol–water partition coefficient (Wildman–Crippen LogP) is 2.19. The second kappa shape index (κ2) is 8.78. The van der Waals surface area contributed by atoms with Crippen LogP contribution in [0, 0.1) is 0 Å². The zero-order valence-corrected chi connectivity index (χ0v) is 18.1. The third kappa shape index (κ3) is 3.96. The molecule has 1 aliphatic carbocycles. The van der Waals surface area contributed by atoms with Crippen molar-refractivity contribution in [1.29, 1.82) is 0 Å². The Bertz CT molecular complexity index is 1090. The standard InChI is InChI=1S/C23H30N6O2/c1-31-18-11-10-16-14-19(23(30)24-20(16)15-18)21(28-12-6-3-7-13-28)22-25-26-27-29(22)17-8-4-2-5-9-17/h10-11,14-15,17,21H,2-9,12-13H2,1H3,(H,24,30)/p+1/t21-/m0/s1. The molecule has 31 heavy (non-hydrogen) atoms. The van der Waals surface area contributed by atoms with Gasteiger partial charge in [-0.25, -0.2) is 4.68 Å². The molecule has 3 aromatic rings. The number of aromatic amines is 1. The molecule has 2 fully saturated rings. The number of rotatable bonds is 5. The number of methoxy groups -OCH3 is 1. The molecule has 164 valence electrons. The van der Waals surface area contributed by atoms with Gasteiger partial charge in [0.15, 0.2) is 6.04 Å². The number of hydrogen-bond acceptors (Lipinski definition) is 5. The normalized spacial score (nSPS) is 19.5. The summed E-state index contributed by atoms with van der Waals surface area (Å²) in [5.74, 6) is 1.57. The summed E-state index contributed by atoms with van der Waals surface area (Å²) in [4.78, 5) is 17.8. The zero-order chi connectivity index (χ0) is 21.2. The van der Waals surface area contributed by atoms with E-state index in [0.717, 1.165) is 54.0 Å². The maximum absolute atomic E-state index is 13.3. The van der Waals surface area contributed by atoms with Crippen LogP contribution in [-0.2, 0) is 0 Å². The molecule has 2 aliphatic rings. The highest BCUT2D eigenvalue weighted by molar-refractivity contribution is 5.80. The van der Waals surface area contributed by atoms with Crippen molar-refractivity contribution >= 4 is 10.9 Å². The summed E-state index contributed by atoms with van der Waals surface area (Å²) in [6.07, 6.45) is 9.49. The van der Waals surface area contributed by atoms with Crippen molar-refractivity contribution in [3.05, 3.63) is 46.0 Å². The Morgan fingerprint density at radius 1 is 1.10 bits per heavy atom. The summed E-state index contributed by atoms with van der Waals surface area (Å²) >= 11 is 0. The van der Waals surface area contributed by atoms with Gasteiger partial charge in [-0.3, -0.25) is 4.79 Å². The molecule has 1 saturated heterocycles. The number of likely N-dealkylation sites (tertiary alicyclic amines) is 1.